The molecule has 0 bridgehead atoms. The minimum absolute atomic E-state index is 0.0691. The van der Waals surface area contributed by atoms with Crippen LogP contribution in [-0.2, 0) is 4.79 Å². The number of rotatable bonds is 5. The van der Waals surface area contributed by atoms with Crippen LogP contribution in [0.4, 0.5) is 14.5 Å². The van der Waals surface area contributed by atoms with E-state index in [-0.39, 0.29) is 11.4 Å². The van der Waals surface area contributed by atoms with E-state index in [4.69, 9.17) is 0 Å². The molecule has 1 aromatic heterocycles. The highest BCUT2D eigenvalue weighted by atomic mass is 32.1. The van der Waals surface area contributed by atoms with E-state index in [0.29, 0.717) is 0 Å². The summed E-state index contributed by atoms with van der Waals surface area (Å²) in [6.07, 6.45) is 2.99. The molecule has 0 atom stereocenters. The van der Waals surface area contributed by atoms with Crippen LogP contribution in [0.25, 0.3) is 6.08 Å². The van der Waals surface area contributed by atoms with Gasteiger partial charge in [-0.2, -0.15) is 8.78 Å². The van der Waals surface area contributed by atoms with Gasteiger partial charge in [0.05, 0.1) is 5.69 Å². The molecule has 2 rings (SSSR count). The highest BCUT2D eigenvalue weighted by molar-refractivity contribution is 7.10. The van der Waals surface area contributed by atoms with Crippen LogP contribution in [0.15, 0.2) is 47.9 Å². The minimum atomic E-state index is -2.94. The zero-order chi connectivity index (χ0) is 14.4. The number of thiophene rings is 1. The molecular formula is C14H11F2NO2S. The van der Waals surface area contributed by atoms with Gasteiger partial charge in [0.25, 0.3) is 0 Å². The molecule has 2 aromatic rings. The van der Waals surface area contributed by atoms with Crippen molar-refractivity contribution >= 4 is 29.0 Å². The average molecular weight is 295 g/mol. The number of halogens is 2. The number of nitrogens with one attached hydrogen (secondary N) is 1. The molecule has 1 amide bonds. The number of alkyl halides is 2. The van der Waals surface area contributed by atoms with Crippen LogP contribution >= 0.6 is 11.3 Å². The van der Waals surface area contributed by atoms with Crippen molar-refractivity contribution in [3.63, 3.8) is 0 Å². The van der Waals surface area contributed by atoms with Crippen LogP contribution in [-0.4, -0.2) is 12.5 Å². The summed E-state index contributed by atoms with van der Waals surface area (Å²) in [7, 11) is 0. The van der Waals surface area contributed by atoms with E-state index in [1.807, 2.05) is 17.5 Å². The number of anilines is 1. The number of amides is 1. The Kier molecular flexibility index (Phi) is 4.84. The summed E-state index contributed by atoms with van der Waals surface area (Å²) in [5.74, 6) is -0.482. The molecule has 0 spiro atoms. The minimum Gasteiger partial charge on any atom is -0.433 e. The van der Waals surface area contributed by atoms with Crippen LogP contribution < -0.4 is 10.1 Å². The second-order valence-electron chi connectivity index (χ2n) is 3.71. The second-order valence-corrected chi connectivity index (χ2v) is 4.69. The molecule has 0 radical (unpaired) electrons. The quantitative estimate of drug-likeness (QED) is 0.847. The summed E-state index contributed by atoms with van der Waals surface area (Å²) in [5, 5.41) is 4.39. The first kappa shape index (κ1) is 14.2. The monoisotopic (exact) mass is 295 g/mol. The number of benzene rings is 1. The Morgan fingerprint density at radius 2 is 2.05 bits per heavy atom. The molecule has 1 heterocycles. The maximum absolute atomic E-state index is 12.2. The van der Waals surface area contributed by atoms with Gasteiger partial charge in [0.15, 0.2) is 0 Å². The van der Waals surface area contributed by atoms with Gasteiger partial charge in [0, 0.05) is 11.0 Å². The molecular weight excluding hydrogens is 284 g/mol. The lowest BCUT2D eigenvalue weighted by molar-refractivity contribution is -0.111. The summed E-state index contributed by atoms with van der Waals surface area (Å²) in [6.45, 7) is -2.94. The van der Waals surface area contributed by atoms with E-state index in [0.717, 1.165) is 4.88 Å². The van der Waals surface area contributed by atoms with Crippen molar-refractivity contribution < 1.29 is 18.3 Å². The van der Waals surface area contributed by atoms with Crippen LogP contribution in [0, 0.1) is 0 Å². The van der Waals surface area contributed by atoms with E-state index >= 15 is 0 Å². The Labute approximate surface area is 118 Å². The van der Waals surface area contributed by atoms with Gasteiger partial charge in [-0.3, -0.25) is 4.79 Å². The number of carbonyl (C=O) groups is 1. The van der Waals surface area contributed by atoms with Gasteiger partial charge in [-0.05, 0) is 29.7 Å². The fourth-order valence-electron chi connectivity index (χ4n) is 1.49. The molecule has 0 aliphatic carbocycles. The summed E-state index contributed by atoms with van der Waals surface area (Å²) < 4.78 is 28.8. The molecule has 0 unspecified atom stereocenters. The molecule has 0 saturated carbocycles. The van der Waals surface area contributed by atoms with E-state index in [2.05, 4.69) is 10.1 Å². The topological polar surface area (TPSA) is 38.3 Å². The normalized spacial score (nSPS) is 10.9. The molecule has 0 fully saturated rings. The largest absolute Gasteiger partial charge is 0.433 e. The number of para-hydroxylation sites is 2. The fourth-order valence-corrected chi connectivity index (χ4v) is 2.10. The standard InChI is InChI=1S/C14H11F2NO2S/c15-14(16)19-12-6-2-1-5-11(12)17-13(18)8-7-10-4-3-9-20-10/h1-9,14H,(H,17,18)/b8-7+. The summed E-state index contributed by atoms with van der Waals surface area (Å²) in [5.41, 5.74) is 0.202. The van der Waals surface area contributed by atoms with E-state index < -0.39 is 12.5 Å². The molecule has 104 valence electrons. The Morgan fingerprint density at radius 3 is 2.75 bits per heavy atom. The summed E-state index contributed by atoms with van der Waals surface area (Å²) >= 11 is 1.49. The van der Waals surface area contributed by atoms with E-state index in [1.165, 1.54) is 29.5 Å². The zero-order valence-electron chi connectivity index (χ0n) is 10.3. The van der Waals surface area contributed by atoms with Gasteiger partial charge in [-0.25, -0.2) is 0 Å². The van der Waals surface area contributed by atoms with Crippen LogP contribution in [0.3, 0.4) is 0 Å². The SMILES string of the molecule is O=C(/C=C/c1cccs1)Nc1ccccc1OC(F)F. The molecule has 6 heteroatoms. The van der Waals surface area contributed by atoms with Crippen LogP contribution in [0.5, 0.6) is 5.75 Å². The highest BCUT2D eigenvalue weighted by Gasteiger charge is 2.10. The lowest BCUT2D eigenvalue weighted by Crippen LogP contribution is -2.11. The van der Waals surface area contributed by atoms with Gasteiger partial charge < -0.3 is 10.1 Å². The van der Waals surface area contributed by atoms with Crippen molar-refractivity contribution in [2.45, 2.75) is 6.61 Å². The Hall–Kier alpha value is -2.21. The third kappa shape index (κ3) is 4.17. The van der Waals surface area contributed by atoms with Gasteiger partial charge in [0.2, 0.25) is 5.91 Å². The summed E-state index contributed by atoms with van der Waals surface area (Å²) in [6, 6.07) is 9.77. The van der Waals surface area contributed by atoms with Gasteiger partial charge in [-0.15, -0.1) is 11.3 Å². The van der Waals surface area contributed by atoms with Crippen molar-refractivity contribution in [3.05, 3.63) is 52.7 Å². The van der Waals surface area contributed by atoms with Crippen LogP contribution in [0.2, 0.25) is 0 Å². The highest BCUT2D eigenvalue weighted by Crippen LogP contribution is 2.25. The first-order valence-corrected chi connectivity index (χ1v) is 6.59. The van der Waals surface area contributed by atoms with Gasteiger partial charge in [0.1, 0.15) is 5.75 Å². The maximum atomic E-state index is 12.2. The Balaban J connectivity index is 2.04. The Bertz CT molecular complexity index is 597. The average Bonchev–Trinajstić information content (AvgIpc) is 2.91. The lowest BCUT2D eigenvalue weighted by Gasteiger charge is -2.10. The van der Waals surface area contributed by atoms with Crippen molar-refractivity contribution in [2.24, 2.45) is 0 Å². The predicted molar refractivity (Wildman–Crippen MR) is 75.1 cm³/mol. The number of hydrogen-bond donors (Lipinski definition) is 1. The van der Waals surface area contributed by atoms with Crippen molar-refractivity contribution in [2.75, 3.05) is 5.32 Å². The number of ether oxygens (including phenoxy) is 1. The smallest absolute Gasteiger partial charge is 0.387 e. The lowest BCUT2D eigenvalue weighted by atomic mass is 10.3. The van der Waals surface area contributed by atoms with Gasteiger partial charge in [-0.1, -0.05) is 18.2 Å². The predicted octanol–water partition coefficient (Wildman–Crippen LogP) is 4.00. The number of hydrogen-bond acceptors (Lipinski definition) is 3. The molecule has 0 aliphatic heterocycles. The molecule has 3 nitrogen and oxygen atoms in total. The van der Waals surface area contributed by atoms with Crippen molar-refractivity contribution in [1.82, 2.24) is 0 Å². The van der Waals surface area contributed by atoms with Crippen molar-refractivity contribution in [1.29, 1.82) is 0 Å². The third-order valence-corrected chi connectivity index (χ3v) is 3.14. The first-order valence-electron chi connectivity index (χ1n) is 5.71. The number of carbonyl (C=O) groups excluding carboxylic acids is 1. The van der Waals surface area contributed by atoms with E-state index in [9.17, 15) is 13.6 Å². The van der Waals surface area contributed by atoms with Crippen molar-refractivity contribution in [3.8, 4) is 5.75 Å². The van der Waals surface area contributed by atoms with Gasteiger partial charge >= 0.3 is 6.61 Å². The van der Waals surface area contributed by atoms with E-state index in [1.54, 1.807) is 18.2 Å². The molecule has 1 N–H and O–H groups in total. The zero-order valence-corrected chi connectivity index (χ0v) is 11.1. The maximum Gasteiger partial charge on any atom is 0.387 e. The fraction of sp³-hybridized carbons (Fsp3) is 0.0714. The molecule has 0 aliphatic rings. The molecule has 1 aromatic carbocycles. The molecule has 20 heavy (non-hydrogen) atoms. The third-order valence-electron chi connectivity index (χ3n) is 2.30. The molecule has 0 saturated heterocycles. The summed E-state index contributed by atoms with van der Waals surface area (Å²) in [4.78, 5) is 12.6. The second kappa shape index (κ2) is 6.81. The Morgan fingerprint density at radius 1 is 1.25 bits per heavy atom. The van der Waals surface area contributed by atoms with Crippen LogP contribution in [0.1, 0.15) is 4.88 Å². The first-order chi connectivity index (χ1) is 9.65.